The molecule has 0 radical (unpaired) electrons. The van der Waals surface area contributed by atoms with Crippen molar-refractivity contribution < 1.29 is 9.90 Å². The SMILES string of the molecule is N#Cc1c(N2CCCC(C(=O)O)C2)n[nH]c1N. The Morgan fingerprint density at radius 1 is 1.71 bits per heavy atom. The Kier molecular flexibility index (Phi) is 2.87. The molecule has 2 rings (SSSR count). The third-order valence-electron chi connectivity index (χ3n) is 2.96. The number of aromatic amines is 1. The number of hydrogen-bond acceptors (Lipinski definition) is 5. The number of nitriles is 1. The van der Waals surface area contributed by atoms with Gasteiger partial charge in [0.05, 0.1) is 5.92 Å². The van der Waals surface area contributed by atoms with E-state index in [2.05, 4.69) is 10.2 Å². The molecule has 1 atom stereocenters. The number of aliphatic carboxylic acids is 1. The van der Waals surface area contributed by atoms with E-state index in [1.807, 2.05) is 6.07 Å². The molecule has 17 heavy (non-hydrogen) atoms. The lowest BCUT2D eigenvalue weighted by molar-refractivity contribution is -0.141. The van der Waals surface area contributed by atoms with E-state index in [9.17, 15) is 4.79 Å². The summed E-state index contributed by atoms with van der Waals surface area (Å²) < 4.78 is 0. The summed E-state index contributed by atoms with van der Waals surface area (Å²) in [5.74, 6) is -0.541. The van der Waals surface area contributed by atoms with Crippen LogP contribution in [0.2, 0.25) is 0 Å². The Labute approximate surface area is 97.8 Å². The summed E-state index contributed by atoms with van der Waals surface area (Å²) >= 11 is 0. The van der Waals surface area contributed by atoms with Gasteiger partial charge in [-0.2, -0.15) is 10.4 Å². The summed E-state index contributed by atoms with van der Waals surface area (Å²) in [6, 6.07) is 1.98. The van der Waals surface area contributed by atoms with Crippen molar-refractivity contribution in [1.82, 2.24) is 10.2 Å². The summed E-state index contributed by atoms with van der Waals surface area (Å²) in [6.45, 7) is 1.07. The second-order valence-electron chi connectivity index (χ2n) is 4.07. The number of piperidine rings is 1. The zero-order chi connectivity index (χ0) is 12.4. The minimum atomic E-state index is -0.809. The van der Waals surface area contributed by atoms with E-state index >= 15 is 0 Å². The molecule has 1 aromatic heterocycles. The first-order valence-corrected chi connectivity index (χ1v) is 5.35. The number of carboxylic acid groups (broad SMARTS) is 1. The van der Waals surface area contributed by atoms with Crippen LogP contribution >= 0.6 is 0 Å². The van der Waals surface area contributed by atoms with Crippen molar-refractivity contribution in [2.75, 3.05) is 23.7 Å². The Morgan fingerprint density at radius 3 is 3.12 bits per heavy atom. The van der Waals surface area contributed by atoms with Crippen LogP contribution in [0.4, 0.5) is 11.6 Å². The number of carbonyl (C=O) groups is 1. The van der Waals surface area contributed by atoms with Crippen LogP contribution in [-0.4, -0.2) is 34.4 Å². The molecule has 1 aromatic rings. The maximum absolute atomic E-state index is 10.9. The molecular weight excluding hydrogens is 222 g/mol. The van der Waals surface area contributed by atoms with Gasteiger partial charge in [-0.25, -0.2) is 0 Å². The van der Waals surface area contributed by atoms with Crippen LogP contribution < -0.4 is 10.6 Å². The monoisotopic (exact) mass is 235 g/mol. The first-order chi connectivity index (χ1) is 8.13. The zero-order valence-corrected chi connectivity index (χ0v) is 9.18. The first-order valence-electron chi connectivity index (χ1n) is 5.35. The van der Waals surface area contributed by atoms with Crippen LogP contribution in [0.1, 0.15) is 18.4 Å². The van der Waals surface area contributed by atoms with Gasteiger partial charge < -0.3 is 15.7 Å². The number of nitrogens with two attached hydrogens (primary N) is 1. The van der Waals surface area contributed by atoms with Gasteiger partial charge in [0.1, 0.15) is 17.5 Å². The predicted molar refractivity (Wildman–Crippen MR) is 60.3 cm³/mol. The number of rotatable bonds is 2. The van der Waals surface area contributed by atoms with Crippen molar-refractivity contribution in [2.45, 2.75) is 12.8 Å². The Morgan fingerprint density at radius 2 is 2.47 bits per heavy atom. The van der Waals surface area contributed by atoms with Crippen LogP contribution in [0.25, 0.3) is 0 Å². The fourth-order valence-electron chi connectivity index (χ4n) is 2.06. The highest BCUT2D eigenvalue weighted by Crippen LogP contribution is 2.26. The van der Waals surface area contributed by atoms with Crippen LogP contribution in [0, 0.1) is 17.2 Å². The highest BCUT2D eigenvalue weighted by Gasteiger charge is 2.28. The van der Waals surface area contributed by atoms with Crippen LogP contribution in [0.15, 0.2) is 0 Å². The molecule has 1 saturated heterocycles. The number of anilines is 2. The highest BCUT2D eigenvalue weighted by atomic mass is 16.4. The molecule has 0 aliphatic carbocycles. The molecule has 0 saturated carbocycles. The predicted octanol–water partition coefficient (Wildman–Crippen LogP) is 0.165. The van der Waals surface area contributed by atoms with E-state index in [1.165, 1.54) is 0 Å². The van der Waals surface area contributed by atoms with E-state index in [0.29, 0.717) is 25.3 Å². The average Bonchev–Trinajstić information content (AvgIpc) is 2.70. The van der Waals surface area contributed by atoms with Crippen molar-refractivity contribution in [1.29, 1.82) is 5.26 Å². The van der Waals surface area contributed by atoms with E-state index in [1.54, 1.807) is 4.90 Å². The summed E-state index contributed by atoms with van der Waals surface area (Å²) in [6.07, 6.45) is 1.43. The smallest absolute Gasteiger partial charge is 0.308 e. The molecule has 7 nitrogen and oxygen atoms in total. The number of nitrogens with one attached hydrogen (secondary N) is 1. The van der Waals surface area contributed by atoms with Crippen LogP contribution in [0.5, 0.6) is 0 Å². The zero-order valence-electron chi connectivity index (χ0n) is 9.18. The molecule has 0 amide bonds. The lowest BCUT2D eigenvalue weighted by Crippen LogP contribution is -2.39. The van der Waals surface area contributed by atoms with Crippen molar-refractivity contribution in [2.24, 2.45) is 5.92 Å². The molecule has 4 N–H and O–H groups in total. The molecule has 90 valence electrons. The maximum atomic E-state index is 10.9. The van der Waals surface area contributed by atoms with Gasteiger partial charge >= 0.3 is 5.97 Å². The van der Waals surface area contributed by atoms with Gasteiger partial charge in [-0.1, -0.05) is 0 Å². The van der Waals surface area contributed by atoms with Gasteiger partial charge in [0.15, 0.2) is 5.82 Å². The summed E-state index contributed by atoms with van der Waals surface area (Å²) in [4.78, 5) is 12.7. The molecule has 1 aliphatic rings. The molecule has 0 bridgehead atoms. The Balaban J connectivity index is 2.22. The lowest BCUT2D eigenvalue weighted by Gasteiger charge is -2.30. The van der Waals surface area contributed by atoms with E-state index in [4.69, 9.17) is 16.1 Å². The second-order valence-corrected chi connectivity index (χ2v) is 4.07. The lowest BCUT2D eigenvalue weighted by atomic mass is 9.98. The standard InChI is InChI=1S/C10H13N5O2/c11-4-7-8(12)13-14-9(7)15-3-1-2-6(5-15)10(16)17/h6H,1-3,5H2,(H,16,17)(H3,12,13,14). The number of carboxylic acids is 1. The molecule has 0 spiro atoms. The summed E-state index contributed by atoms with van der Waals surface area (Å²) in [7, 11) is 0. The van der Waals surface area contributed by atoms with Gasteiger partial charge in [-0.15, -0.1) is 0 Å². The molecule has 1 fully saturated rings. The molecule has 1 unspecified atom stereocenters. The summed E-state index contributed by atoms with van der Waals surface area (Å²) in [5, 5.41) is 24.5. The van der Waals surface area contributed by atoms with E-state index < -0.39 is 11.9 Å². The Hall–Kier alpha value is -2.23. The third-order valence-corrected chi connectivity index (χ3v) is 2.96. The fraction of sp³-hybridized carbons (Fsp3) is 0.500. The van der Waals surface area contributed by atoms with Gasteiger partial charge in [0.25, 0.3) is 0 Å². The van der Waals surface area contributed by atoms with Gasteiger partial charge in [0, 0.05) is 13.1 Å². The number of aromatic nitrogens is 2. The number of hydrogen-bond donors (Lipinski definition) is 3. The largest absolute Gasteiger partial charge is 0.481 e. The van der Waals surface area contributed by atoms with Crippen LogP contribution in [-0.2, 0) is 4.79 Å². The number of H-pyrrole nitrogens is 1. The molecule has 1 aliphatic heterocycles. The first kappa shape index (κ1) is 11.3. The van der Waals surface area contributed by atoms with E-state index in [0.717, 1.165) is 6.42 Å². The quantitative estimate of drug-likeness (QED) is 0.672. The molecular formula is C10H13N5O2. The number of nitrogen functional groups attached to an aromatic ring is 1. The van der Waals surface area contributed by atoms with Crippen molar-refractivity contribution in [3.8, 4) is 6.07 Å². The topological polar surface area (TPSA) is 119 Å². The van der Waals surface area contributed by atoms with E-state index in [-0.39, 0.29) is 11.4 Å². The van der Waals surface area contributed by atoms with Crippen molar-refractivity contribution in [3.63, 3.8) is 0 Å². The van der Waals surface area contributed by atoms with Gasteiger partial charge in [-0.3, -0.25) is 9.89 Å². The van der Waals surface area contributed by atoms with Gasteiger partial charge in [-0.05, 0) is 12.8 Å². The second kappa shape index (κ2) is 4.33. The molecule has 0 aromatic carbocycles. The molecule has 7 heteroatoms. The highest BCUT2D eigenvalue weighted by molar-refractivity contribution is 5.72. The van der Waals surface area contributed by atoms with Crippen molar-refractivity contribution >= 4 is 17.6 Å². The number of nitrogens with zero attached hydrogens (tertiary/aromatic N) is 3. The van der Waals surface area contributed by atoms with Gasteiger partial charge in [0.2, 0.25) is 0 Å². The maximum Gasteiger partial charge on any atom is 0.308 e. The third kappa shape index (κ3) is 2.01. The Bertz CT molecular complexity index is 476. The van der Waals surface area contributed by atoms with Crippen molar-refractivity contribution in [3.05, 3.63) is 5.56 Å². The summed E-state index contributed by atoms with van der Waals surface area (Å²) in [5.41, 5.74) is 5.86. The van der Waals surface area contributed by atoms with Crippen LogP contribution in [0.3, 0.4) is 0 Å². The normalized spacial score (nSPS) is 19.9. The minimum absolute atomic E-state index is 0.222. The minimum Gasteiger partial charge on any atom is -0.481 e. The fourth-order valence-corrected chi connectivity index (χ4v) is 2.06. The average molecular weight is 235 g/mol. The molecule has 2 heterocycles.